The molecule has 11 heteroatoms. The van der Waals surface area contributed by atoms with Gasteiger partial charge in [0.25, 0.3) is 5.91 Å². The molecule has 3 aromatic heterocycles. The number of thiazole rings is 1. The summed E-state index contributed by atoms with van der Waals surface area (Å²) < 4.78 is 7.04. The lowest BCUT2D eigenvalue weighted by Crippen LogP contribution is -2.44. The number of primary amides is 1. The molecule has 1 saturated heterocycles. The zero-order chi connectivity index (χ0) is 21.4. The number of carbonyl (C=O) groups is 1. The van der Waals surface area contributed by atoms with E-state index in [1.165, 1.54) is 22.1 Å². The quantitative estimate of drug-likeness (QED) is 0.524. The van der Waals surface area contributed by atoms with E-state index in [-0.39, 0.29) is 17.6 Å². The van der Waals surface area contributed by atoms with E-state index < -0.39 is 5.91 Å². The van der Waals surface area contributed by atoms with E-state index in [0.717, 1.165) is 22.6 Å². The molecule has 4 rings (SSSR count). The van der Waals surface area contributed by atoms with Crippen LogP contribution in [0.1, 0.15) is 22.4 Å². The largest absolute Gasteiger partial charge is 0.384 e. The number of carbonyl (C=O) groups excluding carboxylic acids is 1. The number of fused-ring (bicyclic) bond motifs is 1. The molecule has 1 fully saturated rings. The van der Waals surface area contributed by atoms with Crippen LogP contribution in [-0.2, 0) is 4.74 Å². The third kappa shape index (κ3) is 3.42. The minimum Gasteiger partial charge on any atom is -0.384 e. The molecule has 0 spiro atoms. The summed E-state index contributed by atoms with van der Waals surface area (Å²) in [5.41, 5.74) is 13.2. The number of hydrogen-bond donors (Lipinski definition) is 3. The second kappa shape index (κ2) is 7.84. The number of aromatic nitrogens is 4. The van der Waals surface area contributed by atoms with E-state index in [1.54, 1.807) is 6.20 Å². The van der Waals surface area contributed by atoms with Crippen molar-refractivity contribution in [2.45, 2.75) is 19.9 Å². The van der Waals surface area contributed by atoms with E-state index in [9.17, 15) is 4.79 Å². The fourth-order valence-corrected chi connectivity index (χ4v) is 4.47. The lowest BCUT2D eigenvalue weighted by atomic mass is 10.1. The number of nitrogens with two attached hydrogens (primary N) is 2. The van der Waals surface area contributed by atoms with Crippen LogP contribution in [0.2, 0.25) is 0 Å². The Morgan fingerprint density at radius 1 is 1.40 bits per heavy atom. The summed E-state index contributed by atoms with van der Waals surface area (Å²) in [4.78, 5) is 24.0. The molecule has 0 aliphatic carbocycles. The van der Waals surface area contributed by atoms with Gasteiger partial charge >= 0.3 is 0 Å². The van der Waals surface area contributed by atoms with E-state index in [1.807, 2.05) is 13.0 Å². The first-order valence-electron chi connectivity index (χ1n) is 9.38. The minimum absolute atomic E-state index is 0.126. The highest BCUT2D eigenvalue weighted by Crippen LogP contribution is 2.37. The van der Waals surface area contributed by atoms with Crippen molar-refractivity contribution in [3.63, 3.8) is 0 Å². The molecule has 0 bridgehead atoms. The van der Waals surface area contributed by atoms with Crippen LogP contribution in [0.3, 0.4) is 0 Å². The number of allylic oxidation sites excluding steroid dienone is 1. The second-order valence-electron chi connectivity index (χ2n) is 6.97. The molecule has 5 N–H and O–H groups in total. The zero-order valence-electron chi connectivity index (χ0n) is 16.6. The first-order valence-corrected chi connectivity index (χ1v) is 10.2. The van der Waals surface area contributed by atoms with Crippen LogP contribution in [-0.4, -0.2) is 57.7 Å². The summed E-state index contributed by atoms with van der Waals surface area (Å²) in [7, 11) is 0. The van der Waals surface area contributed by atoms with Crippen molar-refractivity contribution in [2.75, 3.05) is 24.7 Å². The topological polar surface area (TPSA) is 149 Å². The second-order valence-corrected chi connectivity index (χ2v) is 8.18. The van der Waals surface area contributed by atoms with Gasteiger partial charge in [0.1, 0.15) is 17.3 Å². The molecule has 0 saturated carbocycles. The van der Waals surface area contributed by atoms with Crippen LogP contribution < -0.4 is 16.4 Å². The fraction of sp³-hybridized carbons (Fsp3) is 0.316. The predicted octanol–water partition coefficient (Wildman–Crippen LogP) is 1.59. The Kier molecular flexibility index (Phi) is 5.22. The number of rotatable bonds is 5. The minimum atomic E-state index is -0.587. The molecule has 0 unspecified atom stereocenters. The molecule has 0 aromatic carbocycles. The van der Waals surface area contributed by atoms with Gasteiger partial charge < -0.3 is 26.5 Å². The van der Waals surface area contributed by atoms with Gasteiger partial charge in [-0.05, 0) is 26.0 Å². The van der Waals surface area contributed by atoms with Crippen LogP contribution in [0.4, 0.5) is 5.82 Å². The Bertz CT molecular complexity index is 1160. The number of nitrogens with one attached hydrogen (secondary N) is 1. The van der Waals surface area contributed by atoms with Crippen molar-refractivity contribution in [1.29, 1.82) is 5.41 Å². The van der Waals surface area contributed by atoms with Gasteiger partial charge in [-0.15, -0.1) is 11.3 Å². The van der Waals surface area contributed by atoms with E-state index >= 15 is 0 Å². The number of morpholine rings is 1. The monoisotopic (exact) mass is 426 g/mol. The average Bonchev–Trinajstić information content (AvgIpc) is 3.31. The van der Waals surface area contributed by atoms with Gasteiger partial charge in [-0.25, -0.2) is 9.97 Å². The van der Waals surface area contributed by atoms with E-state index in [4.69, 9.17) is 26.6 Å². The summed E-state index contributed by atoms with van der Waals surface area (Å²) >= 11 is 1.39. The first kappa shape index (κ1) is 20.0. The summed E-state index contributed by atoms with van der Waals surface area (Å²) in [6.07, 6.45) is 4.17. The van der Waals surface area contributed by atoms with E-state index in [0.29, 0.717) is 35.7 Å². The number of aryl methyl sites for hydroxylation is 1. The molecule has 1 aliphatic heterocycles. The van der Waals surface area contributed by atoms with Gasteiger partial charge in [-0.2, -0.15) is 9.78 Å². The molecule has 1 aliphatic rings. The Morgan fingerprint density at radius 3 is 2.90 bits per heavy atom. The van der Waals surface area contributed by atoms with Gasteiger partial charge in [-0.1, -0.05) is 0 Å². The number of amides is 1. The van der Waals surface area contributed by atoms with Crippen LogP contribution in [0, 0.1) is 12.3 Å². The predicted molar refractivity (Wildman–Crippen MR) is 117 cm³/mol. The molecule has 0 radical (unpaired) electrons. The van der Waals surface area contributed by atoms with Crippen molar-refractivity contribution in [1.82, 2.24) is 19.7 Å². The lowest BCUT2D eigenvalue weighted by Gasteiger charge is -2.34. The number of anilines is 1. The number of ether oxygens (including phenoxy) is 1. The summed E-state index contributed by atoms with van der Waals surface area (Å²) in [5.74, 6) is 0.400. The van der Waals surface area contributed by atoms with Gasteiger partial charge in [0, 0.05) is 23.7 Å². The van der Waals surface area contributed by atoms with Crippen molar-refractivity contribution >= 4 is 46.1 Å². The number of pyridine rings is 1. The number of nitrogens with zero attached hydrogens (tertiary/aromatic N) is 5. The molecule has 1 atom stereocenters. The fourth-order valence-electron chi connectivity index (χ4n) is 3.51. The number of hydrogen-bond acceptors (Lipinski definition) is 9. The maximum atomic E-state index is 12.0. The third-order valence-electron chi connectivity index (χ3n) is 4.90. The SMILES string of the molecule is Cc1nc(C(N)=O)c(-c2cc(N3CCOC[C@H]3C)nc3c2cnn3C(N)=CC=N)s1. The highest BCUT2D eigenvalue weighted by Gasteiger charge is 2.25. The Hall–Kier alpha value is -3.31. The van der Waals surface area contributed by atoms with Crippen LogP contribution in [0.15, 0.2) is 18.3 Å². The standard InChI is InChI=1S/C19H22N8O2S/c1-10-9-29-6-5-26(10)15-7-12(17-16(18(22)28)24-11(2)30-17)13-8-23-27(19(13)25-15)14(21)3-4-20/h3-4,7-8,10,20H,5-6,9,21H2,1-2H3,(H2,22,28)/t10-/m1/s1. The van der Waals surface area contributed by atoms with Crippen LogP contribution >= 0.6 is 11.3 Å². The molecular formula is C19H22N8O2S. The molecule has 1 amide bonds. The molecule has 10 nitrogen and oxygen atoms in total. The van der Waals surface area contributed by atoms with Gasteiger partial charge in [0.15, 0.2) is 5.65 Å². The van der Waals surface area contributed by atoms with Gasteiger partial charge in [0.2, 0.25) is 0 Å². The Labute approximate surface area is 176 Å². The van der Waals surface area contributed by atoms with Crippen LogP contribution in [0.25, 0.3) is 27.3 Å². The molecule has 156 valence electrons. The molecule has 3 aromatic rings. The third-order valence-corrected chi connectivity index (χ3v) is 5.90. The summed E-state index contributed by atoms with van der Waals surface area (Å²) in [6, 6.07) is 2.06. The van der Waals surface area contributed by atoms with E-state index in [2.05, 4.69) is 21.9 Å². The highest BCUT2D eigenvalue weighted by molar-refractivity contribution is 7.15. The van der Waals surface area contributed by atoms with Crippen molar-refractivity contribution in [3.05, 3.63) is 29.0 Å². The molecular weight excluding hydrogens is 404 g/mol. The van der Waals surface area contributed by atoms with Crippen molar-refractivity contribution < 1.29 is 9.53 Å². The lowest BCUT2D eigenvalue weighted by molar-refractivity contribution is 0.0985. The van der Waals surface area contributed by atoms with Crippen molar-refractivity contribution in [3.8, 4) is 10.4 Å². The molecule has 30 heavy (non-hydrogen) atoms. The highest BCUT2D eigenvalue weighted by atomic mass is 32.1. The zero-order valence-corrected chi connectivity index (χ0v) is 17.4. The maximum absolute atomic E-state index is 12.0. The average molecular weight is 427 g/mol. The van der Waals surface area contributed by atoms with Crippen LogP contribution in [0.5, 0.6) is 0 Å². The smallest absolute Gasteiger partial charge is 0.268 e. The normalized spacial score (nSPS) is 17.5. The summed E-state index contributed by atoms with van der Waals surface area (Å²) in [6.45, 7) is 5.77. The van der Waals surface area contributed by atoms with Gasteiger partial charge in [-0.3, -0.25) is 4.79 Å². The Morgan fingerprint density at radius 2 is 2.20 bits per heavy atom. The Balaban J connectivity index is 2.00. The van der Waals surface area contributed by atoms with Gasteiger partial charge in [0.05, 0.1) is 35.3 Å². The molecule has 4 heterocycles. The van der Waals surface area contributed by atoms with Crippen molar-refractivity contribution in [2.24, 2.45) is 11.5 Å². The maximum Gasteiger partial charge on any atom is 0.268 e. The first-order chi connectivity index (χ1) is 14.4. The summed E-state index contributed by atoms with van der Waals surface area (Å²) in [5, 5.41) is 13.1.